The van der Waals surface area contributed by atoms with Crippen LogP contribution in [0.15, 0.2) is 18.3 Å². The fraction of sp³-hybridized carbons (Fsp3) is 0.545. The van der Waals surface area contributed by atoms with Crippen molar-refractivity contribution >= 4 is 28.6 Å². The van der Waals surface area contributed by atoms with E-state index in [0.717, 1.165) is 47.1 Å². The molecule has 4 rings (SSSR count). The van der Waals surface area contributed by atoms with Crippen molar-refractivity contribution in [1.82, 2.24) is 30.0 Å². The summed E-state index contributed by atoms with van der Waals surface area (Å²) in [6, 6.07) is 4.66. The minimum atomic E-state index is 0.298. The number of hydrogen-bond donors (Lipinski definition) is 2. The monoisotopic (exact) mass is 424 g/mol. The number of nitrogens with one attached hydrogen (secondary N) is 2. The molecule has 0 saturated carbocycles. The predicted molar refractivity (Wildman–Crippen MR) is 123 cm³/mol. The number of nitrogens with zero attached hydrogens (tertiary/aromatic N) is 6. The van der Waals surface area contributed by atoms with E-state index in [2.05, 4.69) is 34.4 Å². The summed E-state index contributed by atoms with van der Waals surface area (Å²) in [4.78, 5) is 16.7. The van der Waals surface area contributed by atoms with E-state index in [1.165, 1.54) is 0 Å². The third-order valence-corrected chi connectivity index (χ3v) is 5.58. The molecule has 166 valence electrons. The van der Waals surface area contributed by atoms with E-state index in [4.69, 9.17) is 19.8 Å². The van der Waals surface area contributed by atoms with Gasteiger partial charge in [0, 0.05) is 38.0 Å². The zero-order valence-electron chi connectivity index (χ0n) is 19.0. The average Bonchev–Trinajstić information content (AvgIpc) is 3.06. The zero-order valence-corrected chi connectivity index (χ0v) is 19.0. The molecule has 0 aliphatic carbocycles. The fourth-order valence-electron chi connectivity index (χ4n) is 3.92. The van der Waals surface area contributed by atoms with Crippen LogP contribution in [0.4, 0.5) is 17.6 Å². The molecule has 9 nitrogen and oxygen atoms in total. The maximum Gasteiger partial charge on any atom is 0.228 e. The molecule has 1 fully saturated rings. The van der Waals surface area contributed by atoms with Crippen molar-refractivity contribution in [1.29, 1.82) is 0 Å². The molecule has 1 aliphatic heterocycles. The van der Waals surface area contributed by atoms with E-state index >= 15 is 0 Å². The maximum absolute atomic E-state index is 5.56. The zero-order chi connectivity index (χ0) is 22.0. The van der Waals surface area contributed by atoms with Gasteiger partial charge in [0.15, 0.2) is 5.82 Å². The molecule has 2 N–H and O–H groups in total. The Bertz CT molecular complexity index is 1050. The first kappa shape index (κ1) is 21.5. The van der Waals surface area contributed by atoms with E-state index in [-0.39, 0.29) is 0 Å². The van der Waals surface area contributed by atoms with Crippen LogP contribution in [0, 0.1) is 13.8 Å². The highest BCUT2D eigenvalue weighted by molar-refractivity contribution is 5.90. The molecule has 2 atom stereocenters. The SMILES string of the molecule is CCOCCn1nc(C)c2nc(N3C[C@@H](C)NC[C@@H]3C)nc(Nc3cc(C)ccn3)c21. The molecule has 0 amide bonds. The third kappa shape index (κ3) is 4.62. The van der Waals surface area contributed by atoms with Gasteiger partial charge in [-0.3, -0.25) is 4.68 Å². The summed E-state index contributed by atoms with van der Waals surface area (Å²) in [5.41, 5.74) is 3.75. The summed E-state index contributed by atoms with van der Waals surface area (Å²) in [7, 11) is 0. The van der Waals surface area contributed by atoms with Crippen molar-refractivity contribution in [2.45, 2.75) is 53.2 Å². The molecular weight excluding hydrogens is 392 g/mol. The minimum Gasteiger partial charge on any atom is -0.380 e. The molecule has 31 heavy (non-hydrogen) atoms. The third-order valence-electron chi connectivity index (χ3n) is 5.58. The number of fused-ring (bicyclic) bond motifs is 1. The number of aromatic nitrogens is 5. The summed E-state index contributed by atoms with van der Waals surface area (Å²) in [6.07, 6.45) is 1.80. The molecule has 4 heterocycles. The first-order valence-corrected chi connectivity index (χ1v) is 11.0. The van der Waals surface area contributed by atoms with E-state index in [0.29, 0.717) is 37.7 Å². The van der Waals surface area contributed by atoms with Gasteiger partial charge in [0.25, 0.3) is 0 Å². The van der Waals surface area contributed by atoms with E-state index in [1.54, 1.807) is 6.20 Å². The molecule has 0 spiro atoms. The quantitative estimate of drug-likeness (QED) is 0.560. The number of hydrogen-bond acceptors (Lipinski definition) is 8. The van der Waals surface area contributed by atoms with Crippen LogP contribution in [-0.4, -0.2) is 63.1 Å². The Labute approximate surface area is 183 Å². The molecule has 1 aliphatic rings. The standard InChI is InChI=1S/C22H32N8O/c1-6-31-10-9-30-20-19(17(5)28-30)26-22(29-13-15(3)24-12-16(29)4)27-21(20)25-18-11-14(2)7-8-23-18/h7-8,11,15-16,24H,6,9-10,12-13H2,1-5H3,(H,23,25,26,27)/t15-,16+/m1/s1. The summed E-state index contributed by atoms with van der Waals surface area (Å²) >= 11 is 0. The van der Waals surface area contributed by atoms with Gasteiger partial charge in [-0.1, -0.05) is 0 Å². The highest BCUT2D eigenvalue weighted by Crippen LogP contribution is 2.29. The molecule has 0 aromatic carbocycles. The van der Waals surface area contributed by atoms with Gasteiger partial charge in [-0.15, -0.1) is 0 Å². The molecule has 0 unspecified atom stereocenters. The number of rotatable bonds is 7. The first-order valence-electron chi connectivity index (χ1n) is 11.0. The second-order valence-electron chi connectivity index (χ2n) is 8.23. The molecule has 1 saturated heterocycles. The smallest absolute Gasteiger partial charge is 0.228 e. The largest absolute Gasteiger partial charge is 0.380 e. The van der Waals surface area contributed by atoms with Gasteiger partial charge in [-0.2, -0.15) is 10.1 Å². The predicted octanol–water partition coefficient (Wildman–Crippen LogP) is 2.80. The molecule has 9 heteroatoms. The lowest BCUT2D eigenvalue weighted by molar-refractivity contribution is 0.137. The Morgan fingerprint density at radius 2 is 2.10 bits per heavy atom. The van der Waals surface area contributed by atoms with Crippen LogP contribution in [0.1, 0.15) is 32.0 Å². The topological polar surface area (TPSA) is 93.0 Å². The van der Waals surface area contributed by atoms with Crippen LogP contribution in [0.2, 0.25) is 0 Å². The van der Waals surface area contributed by atoms with Crippen molar-refractivity contribution in [3.05, 3.63) is 29.6 Å². The first-order chi connectivity index (χ1) is 15.0. The summed E-state index contributed by atoms with van der Waals surface area (Å²) in [6.45, 7) is 14.1. The van der Waals surface area contributed by atoms with Gasteiger partial charge in [0.2, 0.25) is 5.95 Å². The van der Waals surface area contributed by atoms with E-state index < -0.39 is 0 Å². The van der Waals surface area contributed by atoms with Crippen molar-refractivity contribution in [3.8, 4) is 0 Å². The lowest BCUT2D eigenvalue weighted by Gasteiger charge is -2.37. The van der Waals surface area contributed by atoms with Crippen LogP contribution in [0.5, 0.6) is 0 Å². The summed E-state index contributed by atoms with van der Waals surface area (Å²) in [5, 5.41) is 11.7. The van der Waals surface area contributed by atoms with Crippen molar-refractivity contribution in [2.24, 2.45) is 0 Å². The Kier molecular flexibility index (Phi) is 6.33. The number of piperazine rings is 1. The Morgan fingerprint density at radius 1 is 1.26 bits per heavy atom. The average molecular weight is 425 g/mol. The lowest BCUT2D eigenvalue weighted by atomic mass is 10.1. The molecular formula is C22H32N8O. The van der Waals surface area contributed by atoms with Gasteiger partial charge in [0.05, 0.1) is 18.8 Å². The molecule has 0 radical (unpaired) electrons. The van der Waals surface area contributed by atoms with Crippen LogP contribution >= 0.6 is 0 Å². The number of ether oxygens (including phenoxy) is 1. The maximum atomic E-state index is 5.56. The normalized spacial score (nSPS) is 19.2. The van der Waals surface area contributed by atoms with Crippen molar-refractivity contribution < 1.29 is 4.74 Å². The fourth-order valence-corrected chi connectivity index (χ4v) is 3.92. The van der Waals surface area contributed by atoms with Gasteiger partial charge >= 0.3 is 0 Å². The summed E-state index contributed by atoms with van der Waals surface area (Å²) < 4.78 is 7.50. The highest BCUT2D eigenvalue weighted by Gasteiger charge is 2.27. The number of aryl methyl sites for hydroxylation is 2. The van der Waals surface area contributed by atoms with Crippen LogP contribution in [-0.2, 0) is 11.3 Å². The molecule has 3 aromatic rings. The molecule has 0 bridgehead atoms. The minimum absolute atomic E-state index is 0.298. The Morgan fingerprint density at radius 3 is 2.87 bits per heavy atom. The van der Waals surface area contributed by atoms with Gasteiger partial charge < -0.3 is 20.3 Å². The van der Waals surface area contributed by atoms with E-state index in [9.17, 15) is 0 Å². The summed E-state index contributed by atoms with van der Waals surface area (Å²) in [5.74, 6) is 2.19. The van der Waals surface area contributed by atoms with Gasteiger partial charge in [-0.05, 0) is 52.3 Å². The number of pyridine rings is 1. The second-order valence-corrected chi connectivity index (χ2v) is 8.23. The van der Waals surface area contributed by atoms with Crippen LogP contribution in [0.25, 0.3) is 11.0 Å². The van der Waals surface area contributed by atoms with Crippen LogP contribution < -0.4 is 15.5 Å². The lowest BCUT2D eigenvalue weighted by Crippen LogP contribution is -2.55. The van der Waals surface area contributed by atoms with Crippen LogP contribution in [0.3, 0.4) is 0 Å². The highest BCUT2D eigenvalue weighted by atomic mass is 16.5. The number of anilines is 3. The second kappa shape index (κ2) is 9.15. The van der Waals surface area contributed by atoms with Crippen molar-refractivity contribution in [3.63, 3.8) is 0 Å². The Balaban J connectivity index is 1.81. The molecule has 3 aromatic heterocycles. The van der Waals surface area contributed by atoms with E-state index in [1.807, 2.05) is 37.6 Å². The Hall–Kier alpha value is -2.78. The van der Waals surface area contributed by atoms with Gasteiger partial charge in [0.1, 0.15) is 16.9 Å². The van der Waals surface area contributed by atoms with Gasteiger partial charge in [-0.25, -0.2) is 9.97 Å². The van der Waals surface area contributed by atoms with Crippen molar-refractivity contribution in [2.75, 3.05) is 36.5 Å².